The SMILES string of the molecule is Cc1cc(C)cc([C@H](O)CNC2CCSCC2)c1. The first-order chi connectivity index (χ1) is 8.65. The Morgan fingerprint density at radius 2 is 1.83 bits per heavy atom. The number of nitrogens with one attached hydrogen (secondary N) is 1. The van der Waals surface area contributed by atoms with Crippen molar-refractivity contribution in [3.8, 4) is 0 Å². The van der Waals surface area contributed by atoms with Gasteiger partial charge in [-0.25, -0.2) is 0 Å². The standard InChI is InChI=1S/C15H23NOS/c1-11-7-12(2)9-13(8-11)15(17)10-16-14-3-5-18-6-4-14/h7-9,14-17H,3-6,10H2,1-2H3/t15-/m1/s1. The van der Waals surface area contributed by atoms with E-state index in [1.807, 2.05) is 11.8 Å². The molecule has 1 saturated heterocycles. The molecule has 18 heavy (non-hydrogen) atoms. The van der Waals surface area contributed by atoms with E-state index in [0.717, 1.165) is 5.56 Å². The minimum atomic E-state index is -0.391. The lowest BCUT2D eigenvalue weighted by atomic mass is 10.0. The molecule has 0 unspecified atom stereocenters. The Morgan fingerprint density at radius 1 is 1.22 bits per heavy atom. The first-order valence-corrected chi connectivity index (χ1v) is 7.88. The predicted octanol–water partition coefficient (Wildman–Crippen LogP) is 2.82. The van der Waals surface area contributed by atoms with E-state index in [1.165, 1.54) is 35.5 Å². The number of thioether (sulfide) groups is 1. The minimum Gasteiger partial charge on any atom is -0.387 e. The molecule has 0 spiro atoms. The molecule has 100 valence electrons. The predicted molar refractivity (Wildman–Crippen MR) is 79.2 cm³/mol. The van der Waals surface area contributed by atoms with Crippen LogP contribution in [0.5, 0.6) is 0 Å². The maximum absolute atomic E-state index is 10.2. The summed E-state index contributed by atoms with van der Waals surface area (Å²) in [4.78, 5) is 0. The van der Waals surface area contributed by atoms with Crippen LogP contribution in [0.1, 0.15) is 35.6 Å². The molecule has 3 heteroatoms. The summed E-state index contributed by atoms with van der Waals surface area (Å²) >= 11 is 2.03. The Kier molecular flexibility index (Phi) is 5.10. The summed E-state index contributed by atoms with van der Waals surface area (Å²) in [6, 6.07) is 6.89. The van der Waals surface area contributed by atoms with Crippen LogP contribution in [-0.2, 0) is 0 Å². The molecular formula is C15H23NOS. The average molecular weight is 265 g/mol. The van der Waals surface area contributed by atoms with E-state index in [9.17, 15) is 5.11 Å². The van der Waals surface area contributed by atoms with Crippen LogP contribution >= 0.6 is 11.8 Å². The summed E-state index contributed by atoms with van der Waals surface area (Å²) in [5.74, 6) is 2.49. The zero-order valence-corrected chi connectivity index (χ0v) is 12.1. The van der Waals surface area contributed by atoms with Gasteiger partial charge in [0.1, 0.15) is 0 Å². The minimum absolute atomic E-state index is 0.391. The summed E-state index contributed by atoms with van der Waals surface area (Å²) < 4.78 is 0. The van der Waals surface area contributed by atoms with Gasteiger partial charge in [-0.1, -0.05) is 29.3 Å². The fourth-order valence-corrected chi connectivity index (χ4v) is 3.61. The molecule has 2 rings (SSSR count). The number of aryl methyl sites for hydroxylation is 2. The summed E-state index contributed by atoms with van der Waals surface area (Å²) in [6.45, 7) is 4.82. The largest absolute Gasteiger partial charge is 0.387 e. The van der Waals surface area contributed by atoms with Crippen molar-refractivity contribution in [1.82, 2.24) is 5.32 Å². The molecule has 2 nitrogen and oxygen atoms in total. The molecule has 0 bridgehead atoms. The third-order valence-corrected chi connectivity index (χ3v) is 4.50. The fraction of sp³-hybridized carbons (Fsp3) is 0.600. The maximum Gasteiger partial charge on any atom is 0.0914 e. The Bertz CT molecular complexity index is 368. The Morgan fingerprint density at radius 3 is 2.44 bits per heavy atom. The number of benzene rings is 1. The van der Waals surface area contributed by atoms with Gasteiger partial charge in [0, 0.05) is 12.6 Å². The van der Waals surface area contributed by atoms with Gasteiger partial charge in [0.25, 0.3) is 0 Å². The van der Waals surface area contributed by atoms with Crippen molar-refractivity contribution in [1.29, 1.82) is 0 Å². The van der Waals surface area contributed by atoms with Crippen LogP contribution in [0.25, 0.3) is 0 Å². The second-order valence-corrected chi connectivity index (χ2v) is 6.46. The topological polar surface area (TPSA) is 32.3 Å². The second-order valence-electron chi connectivity index (χ2n) is 5.23. The molecule has 2 N–H and O–H groups in total. The van der Waals surface area contributed by atoms with Crippen LogP contribution in [0, 0.1) is 13.8 Å². The van der Waals surface area contributed by atoms with Gasteiger partial charge in [0.2, 0.25) is 0 Å². The summed E-state index contributed by atoms with van der Waals surface area (Å²) in [7, 11) is 0. The molecule has 1 fully saturated rings. The lowest BCUT2D eigenvalue weighted by Crippen LogP contribution is -2.35. The van der Waals surface area contributed by atoms with Crippen LogP contribution in [-0.4, -0.2) is 29.2 Å². The first-order valence-electron chi connectivity index (χ1n) is 6.72. The highest BCUT2D eigenvalue weighted by molar-refractivity contribution is 7.99. The Balaban J connectivity index is 1.88. The third-order valence-electron chi connectivity index (χ3n) is 3.45. The highest BCUT2D eigenvalue weighted by atomic mass is 32.2. The van der Waals surface area contributed by atoms with E-state index >= 15 is 0 Å². The second kappa shape index (κ2) is 6.60. The first kappa shape index (κ1) is 13.9. The third kappa shape index (κ3) is 4.01. The molecule has 0 aromatic heterocycles. The molecule has 1 aromatic carbocycles. The summed E-state index contributed by atoms with van der Waals surface area (Å²) in [6.07, 6.45) is 2.06. The molecule has 1 aromatic rings. The summed E-state index contributed by atoms with van der Waals surface area (Å²) in [5.41, 5.74) is 3.47. The molecule has 1 aliphatic heterocycles. The van der Waals surface area contributed by atoms with E-state index in [0.29, 0.717) is 12.6 Å². The van der Waals surface area contributed by atoms with Gasteiger partial charge < -0.3 is 10.4 Å². The highest BCUT2D eigenvalue weighted by Gasteiger charge is 2.15. The zero-order valence-electron chi connectivity index (χ0n) is 11.3. The lowest BCUT2D eigenvalue weighted by molar-refractivity contribution is 0.168. The van der Waals surface area contributed by atoms with Crippen LogP contribution in [0.15, 0.2) is 18.2 Å². The van der Waals surface area contributed by atoms with Gasteiger partial charge in [0.15, 0.2) is 0 Å². The monoisotopic (exact) mass is 265 g/mol. The number of rotatable bonds is 4. The zero-order chi connectivity index (χ0) is 13.0. The molecule has 0 saturated carbocycles. The maximum atomic E-state index is 10.2. The van der Waals surface area contributed by atoms with Crippen LogP contribution in [0.3, 0.4) is 0 Å². The van der Waals surface area contributed by atoms with E-state index in [-0.39, 0.29) is 0 Å². The van der Waals surface area contributed by atoms with Crippen LogP contribution in [0.4, 0.5) is 0 Å². The van der Waals surface area contributed by atoms with E-state index < -0.39 is 6.10 Å². The fourth-order valence-electron chi connectivity index (χ4n) is 2.50. The van der Waals surface area contributed by atoms with Crippen molar-refractivity contribution in [2.45, 2.75) is 38.8 Å². The molecule has 0 amide bonds. The highest BCUT2D eigenvalue weighted by Crippen LogP contribution is 2.19. The van der Waals surface area contributed by atoms with Crippen molar-refractivity contribution >= 4 is 11.8 Å². The van der Waals surface area contributed by atoms with E-state index in [1.54, 1.807) is 0 Å². The van der Waals surface area contributed by atoms with Crippen molar-refractivity contribution in [2.24, 2.45) is 0 Å². The quantitative estimate of drug-likeness (QED) is 0.878. The van der Waals surface area contributed by atoms with Gasteiger partial charge >= 0.3 is 0 Å². The normalized spacial score (nSPS) is 18.8. The van der Waals surface area contributed by atoms with Crippen molar-refractivity contribution < 1.29 is 5.11 Å². The number of hydrogen-bond acceptors (Lipinski definition) is 3. The molecule has 0 aliphatic carbocycles. The number of hydrogen-bond donors (Lipinski definition) is 2. The molecule has 1 aliphatic rings. The average Bonchev–Trinajstić information content (AvgIpc) is 2.36. The molecule has 1 heterocycles. The smallest absolute Gasteiger partial charge is 0.0914 e. The van der Waals surface area contributed by atoms with Gasteiger partial charge in [-0.2, -0.15) is 11.8 Å². The molecular weight excluding hydrogens is 242 g/mol. The van der Waals surface area contributed by atoms with E-state index in [2.05, 4.69) is 37.4 Å². The van der Waals surface area contributed by atoms with Gasteiger partial charge in [-0.15, -0.1) is 0 Å². The van der Waals surface area contributed by atoms with Gasteiger partial charge in [-0.05, 0) is 43.8 Å². The van der Waals surface area contributed by atoms with Crippen molar-refractivity contribution in [3.63, 3.8) is 0 Å². The van der Waals surface area contributed by atoms with Gasteiger partial charge in [0.05, 0.1) is 6.10 Å². The Labute approximate surface area is 114 Å². The number of aliphatic hydroxyl groups is 1. The Hall–Kier alpha value is -0.510. The van der Waals surface area contributed by atoms with E-state index in [4.69, 9.17) is 0 Å². The van der Waals surface area contributed by atoms with Crippen molar-refractivity contribution in [3.05, 3.63) is 34.9 Å². The number of aliphatic hydroxyl groups excluding tert-OH is 1. The van der Waals surface area contributed by atoms with Crippen molar-refractivity contribution in [2.75, 3.05) is 18.1 Å². The van der Waals surface area contributed by atoms with Gasteiger partial charge in [-0.3, -0.25) is 0 Å². The molecule has 1 atom stereocenters. The van der Waals surface area contributed by atoms with Crippen LogP contribution in [0.2, 0.25) is 0 Å². The lowest BCUT2D eigenvalue weighted by Gasteiger charge is -2.24. The van der Waals surface area contributed by atoms with Crippen LogP contribution < -0.4 is 5.32 Å². The summed E-state index contributed by atoms with van der Waals surface area (Å²) in [5, 5.41) is 13.7. The molecule has 0 radical (unpaired) electrons.